The SMILES string of the molecule is Oc1ccccc1C=Nc1ccc(-c2ccc(N=Cc3ccccc3O)c(N=Cc3ccccc3O)c2)cc1N=Cc1ccccc1O. The molecule has 0 radical (unpaired) electrons. The molecule has 234 valence electrons. The first-order valence-electron chi connectivity index (χ1n) is 15.0. The highest BCUT2D eigenvalue weighted by molar-refractivity contribution is 5.92. The van der Waals surface area contributed by atoms with Crippen molar-refractivity contribution < 1.29 is 20.4 Å². The molecule has 0 saturated carbocycles. The molecule has 0 aliphatic heterocycles. The number of hydrogen-bond acceptors (Lipinski definition) is 8. The lowest BCUT2D eigenvalue weighted by Crippen LogP contribution is -1.85. The van der Waals surface area contributed by atoms with Crippen molar-refractivity contribution in [1.29, 1.82) is 0 Å². The molecule has 0 unspecified atom stereocenters. The summed E-state index contributed by atoms with van der Waals surface area (Å²) in [6, 6.07) is 38.9. The molecule has 0 spiro atoms. The Labute approximate surface area is 277 Å². The highest BCUT2D eigenvalue weighted by atomic mass is 16.3. The molecular formula is C40H30N4O4. The minimum absolute atomic E-state index is 0.101. The second-order valence-electron chi connectivity index (χ2n) is 10.7. The average molecular weight is 631 g/mol. The summed E-state index contributed by atoms with van der Waals surface area (Å²) in [5.74, 6) is 0.422. The van der Waals surface area contributed by atoms with E-state index in [0.29, 0.717) is 45.0 Å². The molecule has 0 heterocycles. The summed E-state index contributed by atoms with van der Waals surface area (Å²) < 4.78 is 0. The largest absolute Gasteiger partial charge is 0.507 e. The van der Waals surface area contributed by atoms with Gasteiger partial charge in [0.15, 0.2) is 0 Å². The minimum Gasteiger partial charge on any atom is -0.507 e. The van der Waals surface area contributed by atoms with Gasteiger partial charge in [-0.3, -0.25) is 20.0 Å². The number of phenolic OH excluding ortho intramolecular Hbond substituents is 4. The number of aromatic hydroxyl groups is 4. The van der Waals surface area contributed by atoms with Crippen molar-refractivity contribution in [2.75, 3.05) is 0 Å². The Morgan fingerprint density at radius 3 is 0.875 bits per heavy atom. The molecule has 8 nitrogen and oxygen atoms in total. The standard InChI is InChI=1S/C40H30N4O4/c45-37-13-5-1-9-29(37)23-41-33-19-17-27(21-35(33)43-25-31-11-3-7-15-39(31)47)28-18-20-34(42-24-30-10-2-6-14-38(30)46)36(22-28)44-26-32-12-4-8-16-40(32)48/h1-26,45-48H. The first kappa shape index (κ1) is 31.2. The molecule has 4 N–H and O–H groups in total. The Morgan fingerprint density at radius 1 is 0.312 bits per heavy atom. The second-order valence-corrected chi connectivity index (χ2v) is 10.7. The van der Waals surface area contributed by atoms with Gasteiger partial charge in [0.2, 0.25) is 0 Å². The van der Waals surface area contributed by atoms with Gasteiger partial charge in [0.05, 0.1) is 22.7 Å². The molecule has 6 rings (SSSR count). The van der Waals surface area contributed by atoms with Crippen LogP contribution in [-0.2, 0) is 0 Å². The van der Waals surface area contributed by atoms with Crippen molar-refractivity contribution in [2.45, 2.75) is 0 Å². The van der Waals surface area contributed by atoms with E-state index in [1.807, 2.05) is 60.7 Å². The molecule has 0 aliphatic carbocycles. The highest BCUT2D eigenvalue weighted by Crippen LogP contribution is 2.38. The second kappa shape index (κ2) is 14.5. The topological polar surface area (TPSA) is 130 Å². The van der Waals surface area contributed by atoms with E-state index in [1.54, 1.807) is 97.7 Å². The van der Waals surface area contributed by atoms with Gasteiger partial charge in [-0.05, 0) is 83.9 Å². The zero-order chi connectivity index (χ0) is 33.3. The molecule has 48 heavy (non-hydrogen) atoms. The van der Waals surface area contributed by atoms with Gasteiger partial charge >= 0.3 is 0 Å². The van der Waals surface area contributed by atoms with E-state index in [4.69, 9.17) is 0 Å². The number of phenols is 4. The lowest BCUT2D eigenvalue weighted by molar-refractivity contribution is 0.474. The molecule has 6 aromatic carbocycles. The Bertz CT molecular complexity index is 2050. The van der Waals surface area contributed by atoms with Crippen molar-refractivity contribution in [3.8, 4) is 34.1 Å². The fraction of sp³-hybridized carbons (Fsp3) is 0. The van der Waals surface area contributed by atoms with Gasteiger partial charge < -0.3 is 20.4 Å². The predicted octanol–water partition coefficient (Wildman–Crippen LogP) is 9.18. The normalized spacial score (nSPS) is 11.8. The van der Waals surface area contributed by atoms with Crippen LogP contribution in [-0.4, -0.2) is 45.3 Å². The smallest absolute Gasteiger partial charge is 0.124 e. The third-order valence-corrected chi connectivity index (χ3v) is 7.40. The fourth-order valence-electron chi connectivity index (χ4n) is 4.77. The monoisotopic (exact) mass is 630 g/mol. The maximum Gasteiger partial charge on any atom is 0.124 e. The van der Waals surface area contributed by atoms with Crippen LogP contribution < -0.4 is 0 Å². The van der Waals surface area contributed by atoms with Crippen LogP contribution in [0.5, 0.6) is 23.0 Å². The van der Waals surface area contributed by atoms with Gasteiger partial charge in [0, 0.05) is 47.1 Å². The van der Waals surface area contributed by atoms with Gasteiger partial charge in [-0.2, -0.15) is 0 Å². The quantitative estimate of drug-likeness (QED) is 0.119. The summed E-state index contributed by atoms with van der Waals surface area (Å²) in [4.78, 5) is 18.6. The molecular weight excluding hydrogens is 600 g/mol. The Morgan fingerprint density at radius 2 is 0.583 bits per heavy atom. The van der Waals surface area contributed by atoms with Gasteiger partial charge in [0.1, 0.15) is 23.0 Å². The molecule has 0 aromatic heterocycles. The molecule has 0 aliphatic rings. The number of rotatable bonds is 9. The van der Waals surface area contributed by atoms with Crippen LogP contribution in [0.2, 0.25) is 0 Å². The van der Waals surface area contributed by atoms with Crippen molar-refractivity contribution in [1.82, 2.24) is 0 Å². The Balaban J connectivity index is 1.42. The Hall–Kier alpha value is -6.80. The van der Waals surface area contributed by atoms with E-state index in [0.717, 1.165) is 11.1 Å². The zero-order valence-electron chi connectivity index (χ0n) is 25.6. The van der Waals surface area contributed by atoms with Crippen LogP contribution in [0.15, 0.2) is 153 Å². The fourth-order valence-corrected chi connectivity index (χ4v) is 4.77. The van der Waals surface area contributed by atoms with Crippen LogP contribution in [0.3, 0.4) is 0 Å². The van der Waals surface area contributed by atoms with Gasteiger partial charge in [-0.25, -0.2) is 0 Å². The summed E-state index contributed by atoms with van der Waals surface area (Å²) in [7, 11) is 0. The third-order valence-electron chi connectivity index (χ3n) is 7.40. The number of nitrogens with zero attached hydrogens (tertiary/aromatic N) is 4. The van der Waals surface area contributed by atoms with E-state index in [-0.39, 0.29) is 23.0 Å². The van der Waals surface area contributed by atoms with Gasteiger partial charge in [-0.15, -0.1) is 0 Å². The average Bonchev–Trinajstić information content (AvgIpc) is 3.10. The maximum atomic E-state index is 10.3. The first-order chi connectivity index (χ1) is 23.4. The van der Waals surface area contributed by atoms with Gasteiger partial charge in [-0.1, -0.05) is 60.7 Å². The van der Waals surface area contributed by atoms with E-state index in [1.165, 1.54) is 0 Å². The molecule has 0 saturated heterocycles. The van der Waals surface area contributed by atoms with Gasteiger partial charge in [0.25, 0.3) is 0 Å². The lowest BCUT2D eigenvalue weighted by atomic mass is 10.0. The number of para-hydroxylation sites is 4. The Kier molecular flexibility index (Phi) is 9.44. The number of hydrogen-bond donors (Lipinski definition) is 4. The zero-order valence-corrected chi connectivity index (χ0v) is 25.6. The van der Waals surface area contributed by atoms with Crippen molar-refractivity contribution in [3.05, 3.63) is 156 Å². The summed E-state index contributed by atoms with van der Waals surface area (Å²) in [6.07, 6.45) is 6.30. The molecule has 0 bridgehead atoms. The van der Waals surface area contributed by atoms with Crippen molar-refractivity contribution >= 4 is 47.6 Å². The van der Waals surface area contributed by atoms with E-state index in [2.05, 4.69) is 20.0 Å². The predicted molar refractivity (Wildman–Crippen MR) is 193 cm³/mol. The van der Waals surface area contributed by atoms with Crippen molar-refractivity contribution in [2.24, 2.45) is 20.0 Å². The molecule has 6 aromatic rings. The minimum atomic E-state index is 0.101. The van der Waals surface area contributed by atoms with Crippen LogP contribution in [0.1, 0.15) is 22.3 Å². The summed E-state index contributed by atoms with van der Waals surface area (Å²) >= 11 is 0. The van der Waals surface area contributed by atoms with E-state index >= 15 is 0 Å². The third kappa shape index (κ3) is 7.52. The van der Waals surface area contributed by atoms with Crippen LogP contribution >= 0.6 is 0 Å². The number of benzene rings is 6. The molecule has 0 amide bonds. The molecule has 0 atom stereocenters. The van der Waals surface area contributed by atoms with E-state index < -0.39 is 0 Å². The van der Waals surface area contributed by atoms with Crippen LogP contribution in [0.4, 0.5) is 22.7 Å². The maximum absolute atomic E-state index is 10.3. The molecule has 8 heteroatoms. The lowest BCUT2D eigenvalue weighted by Gasteiger charge is -2.09. The summed E-state index contributed by atoms with van der Waals surface area (Å²) in [5.41, 5.74) is 6.01. The summed E-state index contributed by atoms with van der Waals surface area (Å²) in [6.45, 7) is 0. The summed E-state index contributed by atoms with van der Waals surface area (Å²) in [5, 5.41) is 41.1. The van der Waals surface area contributed by atoms with Crippen LogP contribution in [0, 0.1) is 0 Å². The van der Waals surface area contributed by atoms with Crippen LogP contribution in [0.25, 0.3) is 11.1 Å². The first-order valence-corrected chi connectivity index (χ1v) is 15.0. The highest BCUT2D eigenvalue weighted by Gasteiger charge is 2.09. The van der Waals surface area contributed by atoms with E-state index in [9.17, 15) is 20.4 Å². The molecule has 0 fully saturated rings. The van der Waals surface area contributed by atoms with Crippen molar-refractivity contribution in [3.63, 3.8) is 0 Å². The number of aliphatic imine (C=N–C) groups is 4.